The van der Waals surface area contributed by atoms with Gasteiger partial charge < -0.3 is 21.1 Å². The number of carbonyl (C=O) groups is 2. The Morgan fingerprint density at radius 1 is 1.16 bits per heavy atom. The van der Waals surface area contributed by atoms with Crippen molar-refractivity contribution in [2.45, 2.75) is 18.9 Å². The molecule has 0 saturated heterocycles. The summed E-state index contributed by atoms with van der Waals surface area (Å²) in [6.07, 6.45) is 2.74. The maximum absolute atomic E-state index is 13.2. The molecule has 1 aliphatic heterocycles. The van der Waals surface area contributed by atoms with Gasteiger partial charge in [0.2, 0.25) is 0 Å². The van der Waals surface area contributed by atoms with E-state index in [1.807, 2.05) is 0 Å². The molecular formula is C18H20N4O3. The number of nitrogen functional groups attached to an aromatic ring is 1. The van der Waals surface area contributed by atoms with Gasteiger partial charge in [-0.05, 0) is 31.0 Å². The Morgan fingerprint density at radius 2 is 1.96 bits per heavy atom. The zero-order chi connectivity index (χ0) is 17.8. The SMILES string of the molecule is Nc1ncccc1C1NC(=O)c2ccccc2N(CCCCO)C1=O. The predicted octanol–water partition coefficient (Wildman–Crippen LogP) is 1.25. The Morgan fingerprint density at radius 3 is 2.72 bits per heavy atom. The molecule has 25 heavy (non-hydrogen) atoms. The first-order chi connectivity index (χ1) is 12.1. The smallest absolute Gasteiger partial charge is 0.254 e. The van der Waals surface area contributed by atoms with E-state index >= 15 is 0 Å². The number of unbranched alkanes of at least 4 members (excludes halogenated alkanes) is 1. The molecule has 0 bridgehead atoms. The van der Waals surface area contributed by atoms with Crippen molar-refractivity contribution in [1.82, 2.24) is 10.3 Å². The van der Waals surface area contributed by atoms with Crippen molar-refractivity contribution < 1.29 is 14.7 Å². The molecule has 0 saturated carbocycles. The largest absolute Gasteiger partial charge is 0.396 e. The van der Waals surface area contributed by atoms with Crippen molar-refractivity contribution in [3.63, 3.8) is 0 Å². The second kappa shape index (κ2) is 7.31. The van der Waals surface area contributed by atoms with Crippen LogP contribution in [0.5, 0.6) is 0 Å². The zero-order valence-electron chi connectivity index (χ0n) is 13.7. The summed E-state index contributed by atoms with van der Waals surface area (Å²) in [5.41, 5.74) is 7.39. The van der Waals surface area contributed by atoms with E-state index in [1.165, 1.54) is 6.20 Å². The first-order valence-electron chi connectivity index (χ1n) is 8.16. The highest BCUT2D eigenvalue weighted by molar-refractivity contribution is 6.11. The maximum atomic E-state index is 13.2. The number of rotatable bonds is 5. The summed E-state index contributed by atoms with van der Waals surface area (Å²) >= 11 is 0. The number of aromatic nitrogens is 1. The fourth-order valence-corrected chi connectivity index (χ4v) is 2.94. The molecule has 1 aromatic carbocycles. The molecule has 1 unspecified atom stereocenters. The number of para-hydroxylation sites is 1. The van der Waals surface area contributed by atoms with Crippen LogP contribution in [0.25, 0.3) is 0 Å². The van der Waals surface area contributed by atoms with E-state index in [1.54, 1.807) is 41.3 Å². The third-order valence-electron chi connectivity index (χ3n) is 4.20. The molecule has 0 fully saturated rings. The second-order valence-electron chi connectivity index (χ2n) is 5.82. The van der Waals surface area contributed by atoms with Crippen molar-refractivity contribution in [2.24, 2.45) is 0 Å². The van der Waals surface area contributed by atoms with Crippen LogP contribution in [0.1, 0.15) is 34.8 Å². The fourth-order valence-electron chi connectivity index (χ4n) is 2.94. The maximum Gasteiger partial charge on any atom is 0.254 e. The summed E-state index contributed by atoms with van der Waals surface area (Å²) in [6, 6.07) is 9.45. The first-order valence-corrected chi connectivity index (χ1v) is 8.16. The normalized spacial score (nSPS) is 17.0. The molecule has 2 amide bonds. The molecule has 7 nitrogen and oxygen atoms in total. The summed E-state index contributed by atoms with van der Waals surface area (Å²) in [5, 5.41) is 11.8. The minimum absolute atomic E-state index is 0.0554. The summed E-state index contributed by atoms with van der Waals surface area (Å²) in [5.74, 6) is -0.389. The summed E-state index contributed by atoms with van der Waals surface area (Å²) < 4.78 is 0. The van der Waals surface area contributed by atoms with Crippen LogP contribution in [0, 0.1) is 0 Å². The molecule has 0 aliphatic carbocycles. The van der Waals surface area contributed by atoms with E-state index in [-0.39, 0.29) is 24.2 Å². The number of nitrogens with one attached hydrogen (secondary N) is 1. The van der Waals surface area contributed by atoms with Crippen LogP contribution in [0.3, 0.4) is 0 Å². The van der Waals surface area contributed by atoms with E-state index in [4.69, 9.17) is 10.8 Å². The Hall–Kier alpha value is -2.93. The molecule has 7 heteroatoms. The first kappa shape index (κ1) is 16.9. The van der Waals surface area contributed by atoms with E-state index < -0.39 is 6.04 Å². The number of nitrogens with two attached hydrogens (primary N) is 1. The number of nitrogens with zero attached hydrogens (tertiary/aromatic N) is 2. The Labute approximate surface area is 145 Å². The Balaban J connectivity index is 2.03. The minimum Gasteiger partial charge on any atom is -0.396 e. The van der Waals surface area contributed by atoms with Gasteiger partial charge in [0.05, 0.1) is 11.3 Å². The number of benzene rings is 1. The Bertz CT molecular complexity index is 793. The molecule has 1 atom stereocenters. The van der Waals surface area contributed by atoms with Crippen LogP contribution in [0.2, 0.25) is 0 Å². The minimum atomic E-state index is -0.900. The van der Waals surface area contributed by atoms with Gasteiger partial charge >= 0.3 is 0 Å². The van der Waals surface area contributed by atoms with Crippen molar-refractivity contribution in [1.29, 1.82) is 0 Å². The number of fused-ring (bicyclic) bond motifs is 1. The van der Waals surface area contributed by atoms with Crippen LogP contribution in [0.15, 0.2) is 42.6 Å². The predicted molar refractivity (Wildman–Crippen MR) is 94.0 cm³/mol. The summed E-state index contributed by atoms with van der Waals surface area (Å²) in [4.78, 5) is 31.4. The zero-order valence-corrected chi connectivity index (χ0v) is 13.7. The number of hydrogen-bond donors (Lipinski definition) is 3. The molecule has 3 rings (SSSR count). The van der Waals surface area contributed by atoms with Crippen molar-refractivity contribution in [3.8, 4) is 0 Å². The molecule has 2 aromatic rings. The van der Waals surface area contributed by atoms with Gasteiger partial charge in [0.25, 0.3) is 11.8 Å². The highest BCUT2D eigenvalue weighted by Crippen LogP contribution is 2.30. The monoisotopic (exact) mass is 340 g/mol. The third-order valence-corrected chi connectivity index (χ3v) is 4.20. The Kier molecular flexibility index (Phi) is 4.95. The quantitative estimate of drug-likeness (QED) is 0.710. The molecule has 0 spiro atoms. The number of aliphatic hydroxyl groups excluding tert-OH is 1. The van der Waals surface area contributed by atoms with Crippen molar-refractivity contribution in [3.05, 3.63) is 53.7 Å². The topological polar surface area (TPSA) is 109 Å². The number of carbonyl (C=O) groups excluding carboxylic acids is 2. The van der Waals surface area contributed by atoms with Crippen LogP contribution in [-0.4, -0.2) is 35.1 Å². The highest BCUT2D eigenvalue weighted by Gasteiger charge is 2.35. The van der Waals surface area contributed by atoms with E-state index in [0.717, 1.165) is 0 Å². The average Bonchev–Trinajstić information content (AvgIpc) is 2.73. The molecule has 4 N–H and O–H groups in total. The van der Waals surface area contributed by atoms with Gasteiger partial charge in [-0.25, -0.2) is 4.98 Å². The summed E-state index contributed by atoms with van der Waals surface area (Å²) in [7, 11) is 0. The molecule has 1 aliphatic rings. The standard InChI is InChI=1S/C18H20N4O3/c19-16-13(7-5-9-20-16)15-18(25)22(10-3-4-11-23)14-8-2-1-6-12(14)17(24)21-15/h1-2,5-9,15,23H,3-4,10-11H2,(H2,19,20)(H,21,24). The lowest BCUT2D eigenvalue weighted by molar-refractivity contribution is -0.120. The van der Waals surface area contributed by atoms with Crippen LogP contribution >= 0.6 is 0 Å². The van der Waals surface area contributed by atoms with Gasteiger partial charge in [0.15, 0.2) is 0 Å². The lowest BCUT2D eigenvalue weighted by atomic mass is 10.1. The molecule has 1 aromatic heterocycles. The van der Waals surface area contributed by atoms with Gasteiger partial charge in [-0.1, -0.05) is 18.2 Å². The van der Waals surface area contributed by atoms with Gasteiger partial charge in [-0.15, -0.1) is 0 Å². The van der Waals surface area contributed by atoms with E-state index in [2.05, 4.69) is 10.3 Å². The van der Waals surface area contributed by atoms with E-state index in [9.17, 15) is 9.59 Å². The van der Waals surface area contributed by atoms with Crippen LogP contribution in [0.4, 0.5) is 11.5 Å². The second-order valence-corrected chi connectivity index (χ2v) is 5.82. The highest BCUT2D eigenvalue weighted by atomic mass is 16.3. The number of hydrogen-bond acceptors (Lipinski definition) is 5. The molecule has 0 radical (unpaired) electrons. The van der Waals surface area contributed by atoms with Crippen LogP contribution in [-0.2, 0) is 4.79 Å². The van der Waals surface area contributed by atoms with Gasteiger partial charge in [0, 0.05) is 24.9 Å². The molecule has 2 heterocycles. The number of pyridine rings is 1. The van der Waals surface area contributed by atoms with Gasteiger partial charge in [-0.2, -0.15) is 0 Å². The lowest BCUT2D eigenvalue weighted by Crippen LogP contribution is -2.40. The van der Waals surface area contributed by atoms with Crippen LogP contribution < -0.4 is 16.0 Å². The lowest BCUT2D eigenvalue weighted by Gasteiger charge is -2.25. The van der Waals surface area contributed by atoms with Crippen molar-refractivity contribution in [2.75, 3.05) is 23.8 Å². The molecular weight excluding hydrogens is 320 g/mol. The summed E-state index contributed by atoms with van der Waals surface area (Å²) in [6.45, 7) is 0.460. The van der Waals surface area contributed by atoms with Crippen molar-refractivity contribution >= 4 is 23.3 Å². The fraction of sp³-hybridized carbons (Fsp3) is 0.278. The van der Waals surface area contributed by atoms with Gasteiger partial charge in [0.1, 0.15) is 11.9 Å². The van der Waals surface area contributed by atoms with E-state index in [0.29, 0.717) is 36.2 Å². The number of amides is 2. The average molecular weight is 340 g/mol. The molecule has 130 valence electrons. The third kappa shape index (κ3) is 3.32. The number of anilines is 2. The van der Waals surface area contributed by atoms with Gasteiger partial charge in [-0.3, -0.25) is 9.59 Å². The number of aliphatic hydroxyl groups is 1.